The smallest absolute Gasteiger partial charge is 0.308 e. The number of hydrogen-bond acceptors (Lipinski definition) is 4. The molecule has 120 valence electrons. The van der Waals surface area contributed by atoms with Crippen LogP contribution in [0.15, 0.2) is 29.2 Å². The summed E-state index contributed by atoms with van der Waals surface area (Å²) in [7, 11) is -3.77. The van der Waals surface area contributed by atoms with E-state index < -0.39 is 33.4 Å². The molecular formula is C14H16ClNO5S. The standard InChI is InChI=1S/C14H16ClNO5S/c1-9-6-16(7-12(9)14(18)19)13(17)8-22(20,21)11-4-2-10(15)3-5-11/h2-5,9,12H,6-8H2,1H3,(H,18,19)/t9-,12-/m1/s1. The number of carboxylic acid groups (broad SMARTS) is 1. The fraction of sp³-hybridized carbons (Fsp3) is 0.429. The first-order valence-corrected chi connectivity index (χ1v) is 8.72. The van der Waals surface area contributed by atoms with Crippen molar-refractivity contribution < 1.29 is 23.1 Å². The minimum atomic E-state index is -3.77. The summed E-state index contributed by atoms with van der Waals surface area (Å²) in [5.41, 5.74) is 0. The van der Waals surface area contributed by atoms with Crippen LogP contribution in [0.25, 0.3) is 0 Å². The summed E-state index contributed by atoms with van der Waals surface area (Å²) in [6, 6.07) is 5.57. The minimum Gasteiger partial charge on any atom is -0.481 e. The number of halogens is 1. The lowest BCUT2D eigenvalue weighted by Gasteiger charge is -2.16. The van der Waals surface area contributed by atoms with Crippen LogP contribution in [-0.2, 0) is 19.4 Å². The summed E-state index contributed by atoms with van der Waals surface area (Å²) in [5.74, 6) is -3.07. The molecule has 2 rings (SSSR count). The summed E-state index contributed by atoms with van der Waals surface area (Å²) in [6.07, 6.45) is 0. The van der Waals surface area contributed by atoms with Crippen molar-refractivity contribution in [2.45, 2.75) is 11.8 Å². The van der Waals surface area contributed by atoms with E-state index in [1.165, 1.54) is 29.2 Å². The van der Waals surface area contributed by atoms with E-state index in [-0.39, 0.29) is 23.9 Å². The fourth-order valence-electron chi connectivity index (χ4n) is 2.47. The SMILES string of the molecule is C[C@@H]1CN(C(=O)CS(=O)(=O)c2ccc(Cl)cc2)C[C@H]1C(=O)O. The van der Waals surface area contributed by atoms with Crippen LogP contribution in [0.5, 0.6) is 0 Å². The van der Waals surface area contributed by atoms with Crippen LogP contribution < -0.4 is 0 Å². The minimum absolute atomic E-state index is 0.0206. The molecule has 1 aliphatic rings. The van der Waals surface area contributed by atoms with Gasteiger partial charge in [0.2, 0.25) is 5.91 Å². The number of hydrogen-bond donors (Lipinski definition) is 1. The second kappa shape index (κ2) is 6.26. The van der Waals surface area contributed by atoms with Crippen LogP contribution in [0.2, 0.25) is 5.02 Å². The highest BCUT2D eigenvalue weighted by atomic mass is 35.5. The van der Waals surface area contributed by atoms with Gasteiger partial charge in [0.1, 0.15) is 5.75 Å². The molecule has 1 aliphatic heterocycles. The van der Waals surface area contributed by atoms with E-state index in [1.54, 1.807) is 6.92 Å². The van der Waals surface area contributed by atoms with Gasteiger partial charge < -0.3 is 10.0 Å². The van der Waals surface area contributed by atoms with Gasteiger partial charge in [0.25, 0.3) is 0 Å². The summed E-state index contributed by atoms with van der Waals surface area (Å²) in [4.78, 5) is 24.5. The monoisotopic (exact) mass is 345 g/mol. The molecule has 0 aliphatic carbocycles. The average molecular weight is 346 g/mol. The zero-order valence-corrected chi connectivity index (χ0v) is 13.5. The van der Waals surface area contributed by atoms with Crippen molar-refractivity contribution in [2.24, 2.45) is 11.8 Å². The van der Waals surface area contributed by atoms with Gasteiger partial charge in [0, 0.05) is 18.1 Å². The van der Waals surface area contributed by atoms with E-state index in [0.29, 0.717) is 5.02 Å². The molecule has 1 heterocycles. The summed E-state index contributed by atoms with van der Waals surface area (Å²) >= 11 is 5.71. The molecule has 0 unspecified atom stereocenters. The third-order valence-corrected chi connectivity index (χ3v) is 5.64. The normalized spacial score (nSPS) is 21.8. The molecule has 2 atom stereocenters. The maximum atomic E-state index is 12.2. The van der Waals surface area contributed by atoms with Gasteiger partial charge in [-0.3, -0.25) is 9.59 Å². The second-order valence-electron chi connectivity index (χ2n) is 5.43. The molecule has 1 fully saturated rings. The lowest BCUT2D eigenvalue weighted by molar-refractivity contribution is -0.142. The number of carbonyl (C=O) groups excluding carboxylic acids is 1. The number of amides is 1. The highest BCUT2D eigenvalue weighted by Crippen LogP contribution is 2.24. The van der Waals surface area contributed by atoms with Gasteiger partial charge in [0.05, 0.1) is 10.8 Å². The van der Waals surface area contributed by atoms with Crippen LogP contribution in [0.1, 0.15) is 6.92 Å². The quantitative estimate of drug-likeness (QED) is 0.887. The van der Waals surface area contributed by atoms with E-state index in [0.717, 1.165) is 0 Å². The van der Waals surface area contributed by atoms with Crippen molar-refractivity contribution >= 4 is 33.3 Å². The van der Waals surface area contributed by atoms with Crippen molar-refractivity contribution in [3.05, 3.63) is 29.3 Å². The first kappa shape index (κ1) is 16.8. The van der Waals surface area contributed by atoms with Gasteiger partial charge in [-0.05, 0) is 30.2 Å². The number of likely N-dealkylation sites (tertiary alicyclic amines) is 1. The Morgan fingerprint density at radius 3 is 2.36 bits per heavy atom. The molecule has 1 aromatic carbocycles. The molecule has 0 spiro atoms. The van der Waals surface area contributed by atoms with Crippen LogP contribution in [0.3, 0.4) is 0 Å². The number of aliphatic carboxylic acids is 1. The van der Waals surface area contributed by atoms with E-state index in [4.69, 9.17) is 16.7 Å². The lowest BCUT2D eigenvalue weighted by Crippen LogP contribution is -2.34. The van der Waals surface area contributed by atoms with Crippen molar-refractivity contribution in [1.82, 2.24) is 4.90 Å². The highest BCUT2D eigenvalue weighted by Gasteiger charge is 2.38. The highest BCUT2D eigenvalue weighted by molar-refractivity contribution is 7.92. The first-order valence-electron chi connectivity index (χ1n) is 6.69. The Balaban J connectivity index is 2.09. The molecule has 1 saturated heterocycles. The molecule has 22 heavy (non-hydrogen) atoms. The number of carboxylic acids is 1. The van der Waals surface area contributed by atoms with Crippen molar-refractivity contribution in [2.75, 3.05) is 18.8 Å². The Morgan fingerprint density at radius 2 is 1.86 bits per heavy atom. The van der Waals surface area contributed by atoms with Crippen LogP contribution >= 0.6 is 11.6 Å². The maximum absolute atomic E-state index is 12.2. The topological polar surface area (TPSA) is 91.8 Å². The van der Waals surface area contributed by atoms with Gasteiger partial charge in [-0.1, -0.05) is 18.5 Å². The molecule has 6 nitrogen and oxygen atoms in total. The summed E-state index contributed by atoms with van der Waals surface area (Å²) < 4.78 is 24.4. The van der Waals surface area contributed by atoms with Gasteiger partial charge in [-0.2, -0.15) is 0 Å². The van der Waals surface area contributed by atoms with Gasteiger partial charge in [-0.15, -0.1) is 0 Å². The van der Waals surface area contributed by atoms with Crippen molar-refractivity contribution in [1.29, 1.82) is 0 Å². The Kier molecular flexibility index (Phi) is 4.77. The van der Waals surface area contributed by atoms with Gasteiger partial charge in [-0.25, -0.2) is 8.42 Å². The molecule has 0 aromatic heterocycles. The van der Waals surface area contributed by atoms with Crippen LogP contribution in [-0.4, -0.2) is 49.1 Å². The average Bonchev–Trinajstić information content (AvgIpc) is 2.81. The molecule has 1 amide bonds. The lowest BCUT2D eigenvalue weighted by atomic mass is 9.99. The first-order chi connectivity index (χ1) is 10.2. The largest absolute Gasteiger partial charge is 0.481 e. The third kappa shape index (κ3) is 3.59. The van der Waals surface area contributed by atoms with Crippen molar-refractivity contribution in [3.8, 4) is 0 Å². The van der Waals surface area contributed by atoms with E-state index in [2.05, 4.69) is 0 Å². The Morgan fingerprint density at radius 1 is 1.27 bits per heavy atom. The predicted octanol–water partition coefficient (Wildman–Crippen LogP) is 1.29. The van der Waals surface area contributed by atoms with E-state index in [1.807, 2.05) is 0 Å². The zero-order chi connectivity index (χ0) is 16.5. The number of rotatable bonds is 4. The number of benzene rings is 1. The fourth-order valence-corrected chi connectivity index (χ4v) is 3.82. The molecule has 8 heteroatoms. The van der Waals surface area contributed by atoms with Crippen molar-refractivity contribution in [3.63, 3.8) is 0 Å². The summed E-state index contributed by atoms with van der Waals surface area (Å²) in [5, 5.41) is 9.46. The van der Waals surface area contributed by atoms with Crippen LogP contribution in [0.4, 0.5) is 0 Å². The molecule has 1 N–H and O–H groups in total. The Bertz CT molecular complexity index is 686. The molecule has 0 bridgehead atoms. The molecule has 0 radical (unpaired) electrons. The third-order valence-electron chi connectivity index (χ3n) is 3.77. The number of carbonyl (C=O) groups is 2. The number of nitrogens with zero attached hydrogens (tertiary/aromatic N) is 1. The zero-order valence-electron chi connectivity index (χ0n) is 11.9. The van der Waals surface area contributed by atoms with Crippen LogP contribution in [0, 0.1) is 11.8 Å². The second-order valence-corrected chi connectivity index (χ2v) is 7.86. The van der Waals surface area contributed by atoms with E-state index in [9.17, 15) is 18.0 Å². The molecule has 1 aromatic rings. The Hall–Kier alpha value is -1.60. The number of sulfone groups is 1. The summed E-state index contributed by atoms with van der Waals surface area (Å²) in [6.45, 7) is 2.04. The van der Waals surface area contributed by atoms with Gasteiger partial charge >= 0.3 is 5.97 Å². The molecule has 0 saturated carbocycles. The predicted molar refractivity (Wildman–Crippen MR) is 80.4 cm³/mol. The Labute approximate surface area is 133 Å². The van der Waals surface area contributed by atoms with E-state index >= 15 is 0 Å². The molecular weight excluding hydrogens is 330 g/mol. The maximum Gasteiger partial charge on any atom is 0.308 e. The van der Waals surface area contributed by atoms with Gasteiger partial charge in [0.15, 0.2) is 9.84 Å².